The predicted molar refractivity (Wildman–Crippen MR) is 107 cm³/mol. The van der Waals surface area contributed by atoms with Crippen LogP contribution < -0.4 is 0 Å². The fraction of sp³-hybridized carbons (Fsp3) is 0.350. The number of aromatic nitrogens is 4. The van der Waals surface area contributed by atoms with Crippen molar-refractivity contribution in [1.82, 2.24) is 23.8 Å². The molecule has 9 heteroatoms. The van der Waals surface area contributed by atoms with Crippen LogP contribution in [0.2, 0.25) is 0 Å². The summed E-state index contributed by atoms with van der Waals surface area (Å²) in [5.74, 6) is -0.0218. The van der Waals surface area contributed by atoms with E-state index in [9.17, 15) is 13.5 Å². The summed E-state index contributed by atoms with van der Waals surface area (Å²) in [4.78, 5) is 13.1. The molecular formula is C20H23N5O3S. The maximum atomic E-state index is 12.9. The fourth-order valence-corrected chi connectivity index (χ4v) is 5.04. The highest BCUT2D eigenvalue weighted by Gasteiger charge is 2.33. The van der Waals surface area contributed by atoms with Gasteiger partial charge in [-0.1, -0.05) is 24.3 Å². The van der Waals surface area contributed by atoms with E-state index in [2.05, 4.69) is 9.97 Å². The first-order valence-electron chi connectivity index (χ1n) is 9.47. The number of piperidine rings is 1. The molecule has 0 saturated carbocycles. The van der Waals surface area contributed by atoms with E-state index in [1.54, 1.807) is 24.0 Å². The second-order valence-corrected chi connectivity index (χ2v) is 9.15. The van der Waals surface area contributed by atoms with Crippen LogP contribution in [0.15, 0.2) is 54.2 Å². The van der Waals surface area contributed by atoms with Crippen LogP contribution >= 0.6 is 0 Å². The van der Waals surface area contributed by atoms with Crippen molar-refractivity contribution in [3.05, 3.63) is 60.4 Å². The Morgan fingerprint density at radius 1 is 1.21 bits per heavy atom. The quantitative estimate of drug-likeness (QED) is 0.686. The minimum Gasteiger partial charge on any atom is -0.392 e. The van der Waals surface area contributed by atoms with Crippen molar-refractivity contribution in [3.63, 3.8) is 0 Å². The summed E-state index contributed by atoms with van der Waals surface area (Å²) in [7, 11) is -1.87. The largest absolute Gasteiger partial charge is 0.392 e. The minimum absolute atomic E-state index is 0.00531. The third-order valence-electron chi connectivity index (χ3n) is 5.17. The lowest BCUT2D eigenvalue weighted by atomic mass is 9.96. The smallest absolute Gasteiger partial charge is 0.262 e. The Bertz CT molecular complexity index is 1100. The number of hydrogen-bond donors (Lipinski definition) is 1. The normalized spacial score (nSPS) is 18.1. The zero-order valence-corrected chi connectivity index (χ0v) is 17.0. The molecule has 4 rings (SSSR count). The Balaban J connectivity index is 1.57. The van der Waals surface area contributed by atoms with Gasteiger partial charge in [0.1, 0.15) is 0 Å². The van der Waals surface area contributed by atoms with E-state index in [1.165, 1.54) is 16.8 Å². The highest BCUT2D eigenvalue weighted by atomic mass is 32.2. The van der Waals surface area contributed by atoms with Crippen molar-refractivity contribution in [2.45, 2.75) is 30.4 Å². The average molecular weight is 414 g/mol. The van der Waals surface area contributed by atoms with Gasteiger partial charge in [-0.2, -0.15) is 4.31 Å². The molecule has 29 heavy (non-hydrogen) atoms. The molecule has 8 nitrogen and oxygen atoms in total. The molecule has 0 radical (unpaired) electrons. The van der Waals surface area contributed by atoms with Gasteiger partial charge >= 0.3 is 0 Å². The molecule has 1 aliphatic rings. The Labute approximate surface area is 169 Å². The molecular weight excluding hydrogens is 390 g/mol. The first-order chi connectivity index (χ1) is 14.0. The molecule has 3 aromatic rings. The number of rotatable bonds is 5. The number of sulfonamides is 1. The lowest BCUT2D eigenvalue weighted by Gasteiger charge is -2.31. The van der Waals surface area contributed by atoms with Crippen molar-refractivity contribution in [1.29, 1.82) is 0 Å². The van der Waals surface area contributed by atoms with Crippen LogP contribution in [0.3, 0.4) is 0 Å². The highest BCUT2D eigenvalue weighted by molar-refractivity contribution is 7.89. The molecule has 0 amide bonds. The minimum atomic E-state index is -3.62. The molecule has 152 valence electrons. The fourth-order valence-electron chi connectivity index (χ4n) is 3.55. The zero-order chi connectivity index (χ0) is 20.4. The third-order valence-corrected chi connectivity index (χ3v) is 6.92. The number of aryl methyl sites for hydroxylation is 1. The number of imidazole rings is 1. The summed E-state index contributed by atoms with van der Waals surface area (Å²) in [5, 5.41) is 9.27. The van der Waals surface area contributed by atoms with Crippen LogP contribution in [0.4, 0.5) is 0 Å². The number of aliphatic hydroxyl groups is 1. The highest BCUT2D eigenvalue weighted by Crippen LogP contribution is 2.30. The second kappa shape index (κ2) is 8.02. The van der Waals surface area contributed by atoms with Crippen LogP contribution in [0.1, 0.15) is 30.0 Å². The summed E-state index contributed by atoms with van der Waals surface area (Å²) in [6.45, 7) is 0.834. The number of hydrogen-bond acceptors (Lipinski definition) is 6. The Kier molecular flexibility index (Phi) is 5.44. The lowest BCUT2D eigenvalue weighted by molar-refractivity contribution is 0.282. The van der Waals surface area contributed by atoms with Gasteiger partial charge in [-0.05, 0) is 18.4 Å². The van der Waals surface area contributed by atoms with E-state index < -0.39 is 10.0 Å². The molecule has 0 spiro atoms. The van der Waals surface area contributed by atoms with Crippen LogP contribution in [-0.4, -0.2) is 50.4 Å². The van der Waals surface area contributed by atoms with E-state index in [0.29, 0.717) is 13.1 Å². The van der Waals surface area contributed by atoms with Gasteiger partial charge in [0.15, 0.2) is 5.03 Å². The monoisotopic (exact) mass is 413 g/mol. The van der Waals surface area contributed by atoms with E-state index in [4.69, 9.17) is 4.98 Å². The van der Waals surface area contributed by atoms with E-state index in [0.717, 1.165) is 35.4 Å². The molecule has 1 N–H and O–H groups in total. The van der Waals surface area contributed by atoms with Gasteiger partial charge in [-0.3, -0.25) is 4.98 Å². The van der Waals surface area contributed by atoms with Gasteiger partial charge in [-0.25, -0.2) is 18.4 Å². The first-order valence-corrected chi connectivity index (χ1v) is 10.9. The number of nitrogens with zero attached hydrogens (tertiary/aromatic N) is 5. The van der Waals surface area contributed by atoms with Crippen LogP contribution in [0.5, 0.6) is 0 Å². The Morgan fingerprint density at radius 2 is 2.00 bits per heavy atom. The standard InChI is InChI=1S/C20H23N5O3S/c1-24-12-20(22-14-24)29(27,28)25-8-2-3-17(11-25)19-10-21-9-18(23-19)16-6-4-15(13-26)5-7-16/h4-7,9-10,12,14,17,26H,2-3,8,11,13H2,1H3/t17-/m1/s1. The van der Waals surface area contributed by atoms with Gasteiger partial charge in [0.25, 0.3) is 10.0 Å². The summed E-state index contributed by atoms with van der Waals surface area (Å²) in [6, 6.07) is 7.51. The van der Waals surface area contributed by atoms with Crippen molar-refractivity contribution >= 4 is 10.0 Å². The molecule has 1 saturated heterocycles. The zero-order valence-electron chi connectivity index (χ0n) is 16.1. The molecule has 2 aromatic heterocycles. The molecule has 0 aliphatic carbocycles. The predicted octanol–water partition coefficient (Wildman–Crippen LogP) is 1.94. The molecule has 0 unspecified atom stereocenters. The van der Waals surface area contributed by atoms with Gasteiger partial charge in [0.2, 0.25) is 0 Å². The van der Waals surface area contributed by atoms with E-state index in [1.807, 2.05) is 24.3 Å². The molecule has 1 aromatic carbocycles. The topological polar surface area (TPSA) is 101 Å². The van der Waals surface area contributed by atoms with Crippen molar-refractivity contribution < 1.29 is 13.5 Å². The summed E-state index contributed by atoms with van der Waals surface area (Å²) in [5.41, 5.74) is 3.26. The van der Waals surface area contributed by atoms with Gasteiger partial charge < -0.3 is 9.67 Å². The first kappa shape index (κ1) is 19.7. The molecule has 0 bridgehead atoms. The average Bonchev–Trinajstić information content (AvgIpc) is 3.21. The van der Waals surface area contributed by atoms with E-state index >= 15 is 0 Å². The Hall–Kier alpha value is -2.62. The number of aliphatic hydroxyl groups excluding tert-OH is 1. The molecule has 3 heterocycles. The van der Waals surface area contributed by atoms with Crippen molar-refractivity contribution in [2.24, 2.45) is 7.05 Å². The van der Waals surface area contributed by atoms with Crippen molar-refractivity contribution in [3.8, 4) is 11.3 Å². The molecule has 1 fully saturated rings. The SMILES string of the molecule is Cn1cnc(S(=O)(=O)N2CCC[C@@H](c3cncc(-c4ccc(CO)cc4)n3)C2)c1. The Morgan fingerprint density at radius 3 is 2.69 bits per heavy atom. The van der Waals surface area contributed by atoms with Crippen LogP contribution in [0.25, 0.3) is 11.3 Å². The molecule has 1 atom stereocenters. The lowest BCUT2D eigenvalue weighted by Crippen LogP contribution is -2.39. The third kappa shape index (κ3) is 4.07. The van der Waals surface area contributed by atoms with Crippen LogP contribution in [0, 0.1) is 0 Å². The summed E-state index contributed by atoms with van der Waals surface area (Å²) < 4.78 is 29.0. The maximum Gasteiger partial charge on any atom is 0.262 e. The number of benzene rings is 1. The summed E-state index contributed by atoms with van der Waals surface area (Å²) in [6.07, 6.45) is 8.04. The maximum absolute atomic E-state index is 12.9. The summed E-state index contributed by atoms with van der Waals surface area (Å²) >= 11 is 0. The second-order valence-electron chi connectivity index (χ2n) is 7.26. The van der Waals surface area contributed by atoms with Crippen molar-refractivity contribution in [2.75, 3.05) is 13.1 Å². The van der Waals surface area contributed by atoms with Gasteiger partial charge in [-0.15, -0.1) is 0 Å². The van der Waals surface area contributed by atoms with Crippen LogP contribution in [-0.2, 0) is 23.7 Å². The van der Waals surface area contributed by atoms with Gasteiger partial charge in [0.05, 0.1) is 30.5 Å². The molecule has 1 aliphatic heterocycles. The van der Waals surface area contributed by atoms with E-state index in [-0.39, 0.29) is 17.6 Å². The van der Waals surface area contributed by atoms with Gasteiger partial charge in [0, 0.05) is 44.0 Å².